The van der Waals surface area contributed by atoms with Crippen molar-refractivity contribution in [3.05, 3.63) is 0 Å². The molecule has 0 bridgehead atoms. The molecule has 1 atom stereocenters. The number of hydrogen-bond acceptors (Lipinski definition) is 3. The fourth-order valence-electron chi connectivity index (χ4n) is 2.96. The van der Waals surface area contributed by atoms with Gasteiger partial charge in [0.15, 0.2) is 0 Å². The summed E-state index contributed by atoms with van der Waals surface area (Å²) in [5.74, 6) is 0.661. The maximum atomic E-state index is 12.0. The summed E-state index contributed by atoms with van der Waals surface area (Å²) in [6.45, 7) is 9.58. The number of likely N-dealkylation sites (tertiary alicyclic amines) is 1. The molecule has 0 aromatic heterocycles. The molecule has 2 aliphatic rings. The Bertz CT molecular complexity index is 368. The molecule has 0 saturated carbocycles. The van der Waals surface area contributed by atoms with Gasteiger partial charge in [0.25, 0.3) is 5.91 Å². The van der Waals surface area contributed by atoms with Gasteiger partial charge in [0.2, 0.25) is 0 Å². The second-order valence-electron chi connectivity index (χ2n) is 6.41. The lowest BCUT2D eigenvalue weighted by Gasteiger charge is -2.31. The topological polar surface area (TPSA) is 52.6 Å². The highest BCUT2D eigenvalue weighted by molar-refractivity contribution is 6.06. The molecule has 0 aliphatic carbocycles. The number of carbonyl (C=O) groups is 2. The van der Waals surface area contributed by atoms with E-state index in [1.807, 2.05) is 0 Å². The molecular weight excluding hydrogens is 242 g/mol. The first-order valence-corrected chi connectivity index (χ1v) is 7.26. The van der Waals surface area contributed by atoms with E-state index in [0.717, 1.165) is 32.0 Å². The molecule has 1 N–H and O–H groups in total. The minimum absolute atomic E-state index is 0.107. The van der Waals surface area contributed by atoms with Crippen molar-refractivity contribution in [2.75, 3.05) is 26.2 Å². The van der Waals surface area contributed by atoms with Crippen LogP contribution in [0.25, 0.3) is 0 Å². The standard InChI is InChI=1S/C14H25N3O2/c1-11-6-4-7-16(10-11)8-5-9-17-12(18)14(2,3)15-13(17)19/h11H,4-10H2,1-3H3,(H,15,19)/t11-/m1/s1. The summed E-state index contributed by atoms with van der Waals surface area (Å²) in [6.07, 6.45) is 3.44. The van der Waals surface area contributed by atoms with Crippen LogP contribution >= 0.6 is 0 Å². The highest BCUT2D eigenvalue weighted by atomic mass is 16.2. The van der Waals surface area contributed by atoms with Crippen LogP contribution in [-0.4, -0.2) is 53.5 Å². The first-order valence-electron chi connectivity index (χ1n) is 7.26. The van der Waals surface area contributed by atoms with Gasteiger partial charge in [0.05, 0.1) is 0 Å². The lowest BCUT2D eigenvalue weighted by Crippen LogP contribution is -2.41. The van der Waals surface area contributed by atoms with Gasteiger partial charge < -0.3 is 10.2 Å². The summed E-state index contributed by atoms with van der Waals surface area (Å²) in [5, 5.41) is 2.71. The van der Waals surface area contributed by atoms with E-state index >= 15 is 0 Å². The van der Waals surface area contributed by atoms with Crippen molar-refractivity contribution in [3.63, 3.8) is 0 Å². The van der Waals surface area contributed by atoms with Gasteiger partial charge in [-0.05, 0) is 52.1 Å². The third kappa shape index (κ3) is 3.26. The quantitative estimate of drug-likeness (QED) is 0.784. The number of urea groups is 1. The zero-order chi connectivity index (χ0) is 14.0. The molecule has 0 aromatic rings. The predicted molar refractivity (Wildman–Crippen MR) is 73.8 cm³/mol. The molecule has 108 valence electrons. The van der Waals surface area contributed by atoms with E-state index < -0.39 is 5.54 Å². The van der Waals surface area contributed by atoms with Crippen LogP contribution in [0.4, 0.5) is 4.79 Å². The van der Waals surface area contributed by atoms with E-state index in [1.165, 1.54) is 17.7 Å². The number of hydrogen-bond donors (Lipinski definition) is 1. The maximum Gasteiger partial charge on any atom is 0.325 e. The first-order chi connectivity index (χ1) is 8.90. The Morgan fingerprint density at radius 3 is 2.63 bits per heavy atom. The molecule has 2 heterocycles. The van der Waals surface area contributed by atoms with Gasteiger partial charge in [0, 0.05) is 13.1 Å². The Labute approximate surface area is 115 Å². The summed E-state index contributed by atoms with van der Waals surface area (Å²) in [7, 11) is 0. The second-order valence-corrected chi connectivity index (χ2v) is 6.41. The minimum Gasteiger partial charge on any atom is -0.324 e. The molecular formula is C14H25N3O2. The summed E-state index contributed by atoms with van der Waals surface area (Å²) in [4.78, 5) is 27.5. The van der Waals surface area contributed by atoms with E-state index in [0.29, 0.717) is 6.54 Å². The highest BCUT2D eigenvalue weighted by Gasteiger charge is 2.43. The van der Waals surface area contributed by atoms with Gasteiger partial charge in [-0.3, -0.25) is 9.69 Å². The molecule has 5 nitrogen and oxygen atoms in total. The van der Waals surface area contributed by atoms with Crippen LogP contribution in [0.3, 0.4) is 0 Å². The van der Waals surface area contributed by atoms with Gasteiger partial charge in [0.1, 0.15) is 5.54 Å². The zero-order valence-electron chi connectivity index (χ0n) is 12.2. The predicted octanol–water partition coefficient (Wildman–Crippen LogP) is 1.44. The fraction of sp³-hybridized carbons (Fsp3) is 0.857. The maximum absolute atomic E-state index is 12.0. The number of piperidine rings is 1. The normalized spacial score (nSPS) is 27.7. The average molecular weight is 267 g/mol. The van der Waals surface area contributed by atoms with Crippen molar-refractivity contribution in [2.45, 2.75) is 45.6 Å². The van der Waals surface area contributed by atoms with Crippen LogP contribution in [0.2, 0.25) is 0 Å². The van der Waals surface area contributed by atoms with Gasteiger partial charge in [-0.2, -0.15) is 0 Å². The first kappa shape index (κ1) is 14.3. The van der Waals surface area contributed by atoms with Crippen LogP contribution in [0.15, 0.2) is 0 Å². The van der Waals surface area contributed by atoms with Crippen LogP contribution in [-0.2, 0) is 4.79 Å². The molecule has 0 spiro atoms. The number of imide groups is 1. The summed E-state index contributed by atoms with van der Waals surface area (Å²) < 4.78 is 0. The Balaban J connectivity index is 1.77. The van der Waals surface area contributed by atoms with Crippen molar-refractivity contribution in [1.82, 2.24) is 15.1 Å². The molecule has 0 radical (unpaired) electrons. The molecule has 2 aliphatic heterocycles. The smallest absolute Gasteiger partial charge is 0.324 e. The summed E-state index contributed by atoms with van der Waals surface area (Å²) >= 11 is 0. The Morgan fingerprint density at radius 2 is 2.05 bits per heavy atom. The lowest BCUT2D eigenvalue weighted by molar-refractivity contribution is -0.130. The zero-order valence-corrected chi connectivity index (χ0v) is 12.2. The van der Waals surface area contributed by atoms with Crippen molar-refractivity contribution in [2.24, 2.45) is 5.92 Å². The number of nitrogens with zero attached hydrogens (tertiary/aromatic N) is 2. The van der Waals surface area contributed by atoms with Crippen LogP contribution < -0.4 is 5.32 Å². The molecule has 0 unspecified atom stereocenters. The van der Waals surface area contributed by atoms with E-state index in [-0.39, 0.29) is 11.9 Å². The highest BCUT2D eigenvalue weighted by Crippen LogP contribution is 2.18. The third-order valence-electron chi connectivity index (χ3n) is 4.04. The molecule has 0 aromatic carbocycles. The number of rotatable bonds is 4. The van der Waals surface area contributed by atoms with Crippen molar-refractivity contribution in [1.29, 1.82) is 0 Å². The van der Waals surface area contributed by atoms with Crippen LogP contribution in [0, 0.1) is 5.92 Å². The van der Waals surface area contributed by atoms with Crippen molar-refractivity contribution >= 4 is 11.9 Å². The third-order valence-corrected chi connectivity index (χ3v) is 4.04. The van der Waals surface area contributed by atoms with E-state index in [4.69, 9.17) is 0 Å². The lowest BCUT2D eigenvalue weighted by atomic mass is 10.0. The average Bonchev–Trinajstić information content (AvgIpc) is 2.51. The fourth-order valence-corrected chi connectivity index (χ4v) is 2.96. The molecule has 2 fully saturated rings. The largest absolute Gasteiger partial charge is 0.325 e. The second kappa shape index (κ2) is 5.49. The Kier molecular flexibility index (Phi) is 4.13. The van der Waals surface area contributed by atoms with Gasteiger partial charge in [-0.15, -0.1) is 0 Å². The van der Waals surface area contributed by atoms with E-state index in [9.17, 15) is 9.59 Å². The molecule has 2 rings (SSSR count). The number of carbonyl (C=O) groups excluding carboxylic acids is 2. The van der Waals surface area contributed by atoms with Crippen LogP contribution in [0.5, 0.6) is 0 Å². The molecule has 5 heteroatoms. The number of nitrogens with one attached hydrogen (secondary N) is 1. The molecule has 19 heavy (non-hydrogen) atoms. The summed E-state index contributed by atoms with van der Waals surface area (Å²) in [5.41, 5.74) is -0.739. The van der Waals surface area contributed by atoms with E-state index in [1.54, 1.807) is 13.8 Å². The van der Waals surface area contributed by atoms with Gasteiger partial charge >= 0.3 is 6.03 Å². The molecule has 2 saturated heterocycles. The Hall–Kier alpha value is -1.10. The SMILES string of the molecule is C[C@@H]1CCCN(CCCN2C(=O)NC(C)(C)C2=O)C1. The van der Waals surface area contributed by atoms with Crippen molar-refractivity contribution < 1.29 is 9.59 Å². The van der Waals surface area contributed by atoms with Crippen LogP contribution in [0.1, 0.15) is 40.0 Å². The van der Waals surface area contributed by atoms with Gasteiger partial charge in [-0.1, -0.05) is 6.92 Å². The van der Waals surface area contributed by atoms with E-state index in [2.05, 4.69) is 17.1 Å². The van der Waals surface area contributed by atoms with Crippen molar-refractivity contribution in [3.8, 4) is 0 Å². The minimum atomic E-state index is -0.739. The Morgan fingerprint density at radius 1 is 1.32 bits per heavy atom. The monoisotopic (exact) mass is 267 g/mol. The van der Waals surface area contributed by atoms with Gasteiger partial charge in [-0.25, -0.2) is 4.79 Å². The molecule has 3 amide bonds. The summed E-state index contributed by atoms with van der Waals surface area (Å²) in [6, 6.07) is -0.248. The number of amides is 3.